The largest absolute Gasteiger partial charge is 0.382 e. The third kappa shape index (κ3) is 4.46. The predicted octanol–water partition coefficient (Wildman–Crippen LogP) is 5.79. The summed E-state index contributed by atoms with van der Waals surface area (Å²) in [7, 11) is 1.87. The number of aromatic nitrogens is 3. The Morgan fingerprint density at radius 3 is 2.41 bits per heavy atom. The number of nitrogens with two attached hydrogens (primary N) is 1. The molecule has 4 N–H and O–H groups in total. The van der Waals surface area contributed by atoms with E-state index < -0.39 is 5.54 Å². The number of carbonyl (C=O) groups excluding carboxylic acids is 1. The van der Waals surface area contributed by atoms with E-state index in [0.717, 1.165) is 33.4 Å². The first-order valence-corrected chi connectivity index (χ1v) is 11.2. The van der Waals surface area contributed by atoms with Gasteiger partial charge in [0, 0.05) is 24.3 Å². The minimum atomic E-state index is -0.495. The molecule has 1 saturated carbocycles. The van der Waals surface area contributed by atoms with Crippen LogP contribution < -0.4 is 16.4 Å². The number of pyridine rings is 1. The van der Waals surface area contributed by atoms with Crippen molar-refractivity contribution in [2.75, 3.05) is 11.1 Å². The average Bonchev–Trinajstić information content (AvgIpc) is 3.60. The molecule has 0 atom stereocenters. The first-order valence-electron chi connectivity index (χ1n) is 11.2. The molecule has 7 nitrogen and oxygen atoms in total. The van der Waals surface area contributed by atoms with E-state index in [9.17, 15) is 4.79 Å². The molecular formula is C27H32N6O. The van der Waals surface area contributed by atoms with Crippen LogP contribution in [0.1, 0.15) is 51.3 Å². The molecule has 2 aromatic carbocycles. The summed E-state index contributed by atoms with van der Waals surface area (Å²) in [5.41, 5.74) is 11.4. The molecule has 1 aliphatic carbocycles. The molecule has 4 aromatic rings. The molecule has 2 aromatic heterocycles. The fourth-order valence-corrected chi connectivity index (χ4v) is 4.22. The highest BCUT2D eigenvalue weighted by Crippen LogP contribution is 2.42. The van der Waals surface area contributed by atoms with Crippen LogP contribution in [0.3, 0.4) is 0 Å². The van der Waals surface area contributed by atoms with Gasteiger partial charge in [0.1, 0.15) is 0 Å². The molecular weight excluding hydrogens is 424 g/mol. The maximum Gasteiger partial charge on any atom is 0.319 e. The molecule has 0 bridgehead atoms. The number of hydrogen-bond acceptors (Lipinski definition) is 4. The third-order valence-electron chi connectivity index (χ3n) is 6.21. The Balaban J connectivity index is 0.00000274. The van der Waals surface area contributed by atoms with Crippen LogP contribution in [-0.2, 0) is 12.6 Å². The SMILES string of the molecule is C.Cn1nc(N)c2c(-c3ccc(NC(=O)NC(C)(C)c4ccccc4)cc3)cc(C3CC3)nc21. The van der Waals surface area contributed by atoms with Crippen LogP contribution >= 0.6 is 0 Å². The zero-order valence-corrected chi connectivity index (χ0v) is 19.1. The van der Waals surface area contributed by atoms with E-state index in [0.29, 0.717) is 17.4 Å². The standard InChI is InChI=1S/C26H28N6O.CH4/c1-26(2,18-7-5-4-6-8-18)30-25(33)28-19-13-11-16(12-14-19)20-15-21(17-9-10-17)29-24-22(20)23(27)31-32(24)3;/h4-8,11-15,17H,9-10H2,1-3H3,(H2,27,31)(H2,28,30,33);1H4. The molecule has 1 aliphatic rings. The van der Waals surface area contributed by atoms with Gasteiger partial charge in [-0.1, -0.05) is 49.9 Å². The zero-order chi connectivity index (χ0) is 23.2. The predicted molar refractivity (Wildman–Crippen MR) is 139 cm³/mol. The van der Waals surface area contributed by atoms with Gasteiger partial charge in [0.05, 0.1) is 10.9 Å². The summed E-state index contributed by atoms with van der Waals surface area (Å²) in [6.45, 7) is 3.96. The minimum absolute atomic E-state index is 0. The van der Waals surface area contributed by atoms with E-state index in [1.165, 1.54) is 12.8 Å². The van der Waals surface area contributed by atoms with Gasteiger partial charge in [0.25, 0.3) is 0 Å². The highest BCUT2D eigenvalue weighted by molar-refractivity contribution is 6.00. The van der Waals surface area contributed by atoms with Crippen LogP contribution in [0.4, 0.5) is 16.3 Å². The number of hydrogen-bond donors (Lipinski definition) is 3. The van der Waals surface area contributed by atoms with Gasteiger partial charge in [-0.15, -0.1) is 0 Å². The van der Waals surface area contributed by atoms with E-state index in [1.54, 1.807) is 4.68 Å². The highest BCUT2D eigenvalue weighted by Gasteiger charge is 2.27. The van der Waals surface area contributed by atoms with Crippen LogP contribution in [0, 0.1) is 0 Å². The number of aryl methyl sites for hydroxylation is 1. The number of urea groups is 1. The zero-order valence-electron chi connectivity index (χ0n) is 19.1. The van der Waals surface area contributed by atoms with Crippen molar-refractivity contribution in [2.24, 2.45) is 7.05 Å². The Morgan fingerprint density at radius 2 is 1.76 bits per heavy atom. The van der Waals surface area contributed by atoms with Crippen LogP contribution in [0.25, 0.3) is 22.2 Å². The van der Waals surface area contributed by atoms with Crippen LogP contribution in [0.2, 0.25) is 0 Å². The molecule has 176 valence electrons. The van der Waals surface area contributed by atoms with Gasteiger partial charge in [-0.05, 0) is 61.6 Å². The second kappa shape index (κ2) is 8.82. The summed E-state index contributed by atoms with van der Waals surface area (Å²) in [5, 5.41) is 11.2. The second-order valence-corrected chi connectivity index (χ2v) is 9.22. The van der Waals surface area contributed by atoms with Gasteiger partial charge in [0.15, 0.2) is 11.5 Å². The molecule has 34 heavy (non-hydrogen) atoms. The van der Waals surface area contributed by atoms with Crippen molar-refractivity contribution in [2.45, 2.75) is 45.6 Å². The van der Waals surface area contributed by atoms with Crippen LogP contribution in [0.15, 0.2) is 60.7 Å². The summed E-state index contributed by atoms with van der Waals surface area (Å²) < 4.78 is 1.74. The monoisotopic (exact) mass is 456 g/mol. The van der Waals surface area contributed by atoms with Crippen molar-refractivity contribution in [3.63, 3.8) is 0 Å². The first kappa shape index (κ1) is 23.3. The third-order valence-corrected chi connectivity index (χ3v) is 6.21. The lowest BCUT2D eigenvalue weighted by atomic mass is 9.95. The van der Waals surface area contributed by atoms with E-state index in [2.05, 4.69) is 21.8 Å². The van der Waals surface area contributed by atoms with Gasteiger partial charge >= 0.3 is 6.03 Å². The summed E-state index contributed by atoms with van der Waals surface area (Å²) >= 11 is 0. The van der Waals surface area contributed by atoms with Gasteiger partial charge in [0.2, 0.25) is 0 Å². The normalized spacial score (nSPS) is 13.4. The van der Waals surface area contributed by atoms with E-state index >= 15 is 0 Å². The molecule has 5 rings (SSSR count). The molecule has 2 heterocycles. The Labute approximate surface area is 200 Å². The number of nitrogens with zero attached hydrogens (tertiary/aromatic N) is 3. The molecule has 1 fully saturated rings. The average molecular weight is 457 g/mol. The topological polar surface area (TPSA) is 97.9 Å². The van der Waals surface area contributed by atoms with Crippen molar-refractivity contribution >= 4 is 28.6 Å². The Kier molecular flexibility index (Phi) is 6.04. The lowest BCUT2D eigenvalue weighted by Gasteiger charge is -2.27. The molecule has 0 aliphatic heterocycles. The summed E-state index contributed by atoms with van der Waals surface area (Å²) in [4.78, 5) is 17.5. The molecule has 0 saturated heterocycles. The van der Waals surface area contributed by atoms with E-state index in [1.807, 2.05) is 75.5 Å². The lowest BCUT2D eigenvalue weighted by molar-refractivity contribution is 0.242. The van der Waals surface area contributed by atoms with Crippen molar-refractivity contribution in [3.8, 4) is 11.1 Å². The van der Waals surface area contributed by atoms with Crippen LogP contribution in [0.5, 0.6) is 0 Å². The molecule has 0 spiro atoms. The fourth-order valence-electron chi connectivity index (χ4n) is 4.22. The van der Waals surface area contributed by atoms with Gasteiger partial charge < -0.3 is 16.4 Å². The number of fused-ring (bicyclic) bond motifs is 1. The van der Waals surface area contributed by atoms with E-state index in [-0.39, 0.29) is 13.5 Å². The van der Waals surface area contributed by atoms with Gasteiger partial charge in [-0.25, -0.2) is 14.5 Å². The van der Waals surface area contributed by atoms with E-state index in [4.69, 9.17) is 10.7 Å². The van der Waals surface area contributed by atoms with Crippen LogP contribution in [-0.4, -0.2) is 20.8 Å². The Bertz CT molecular complexity index is 1320. The fraction of sp³-hybridized carbons (Fsp3) is 0.296. The van der Waals surface area contributed by atoms with Crippen molar-refractivity contribution in [1.29, 1.82) is 0 Å². The Hall–Kier alpha value is -3.87. The van der Waals surface area contributed by atoms with Gasteiger partial charge in [-0.3, -0.25) is 0 Å². The van der Waals surface area contributed by atoms with Crippen molar-refractivity contribution < 1.29 is 4.79 Å². The summed E-state index contributed by atoms with van der Waals surface area (Å²) in [6, 6.07) is 19.6. The smallest absolute Gasteiger partial charge is 0.319 e. The first-order chi connectivity index (χ1) is 15.8. The molecule has 2 amide bonds. The second-order valence-electron chi connectivity index (χ2n) is 9.22. The number of rotatable bonds is 5. The number of benzene rings is 2. The van der Waals surface area contributed by atoms with Gasteiger partial charge in [-0.2, -0.15) is 5.10 Å². The Morgan fingerprint density at radius 1 is 1.09 bits per heavy atom. The number of nitrogens with one attached hydrogen (secondary N) is 2. The maximum absolute atomic E-state index is 12.6. The number of anilines is 2. The van der Waals surface area contributed by atoms with Crippen molar-refractivity contribution in [1.82, 2.24) is 20.1 Å². The minimum Gasteiger partial charge on any atom is -0.382 e. The highest BCUT2D eigenvalue weighted by atomic mass is 16.2. The molecule has 0 unspecified atom stereocenters. The maximum atomic E-state index is 12.6. The quantitative estimate of drug-likeness (QED) is 0.354. The number of carbonyl (C=O) groups is 1. The number of nitrogen functional groups attached to an aromatic ring is 1. The summed E-state index contributed by atoms with van der Waals surface area (Å²) in [5.74, 6) is 0.990. The molecule has 7 heteroatoms. The number of amides is 2. The lowest BCUT2D eigenvalue weighted by Crippen LogP contribution is -2.43. The molecule has 0 radical (unpaired) electrons. The summed E-state index contributed by atoms with van der Waals surface area (Å²) in [6.07, 6.45) is 2.34. The van der Waals surface area contributed by atoms with Crippen molar-refractivity contribution in [3.05, 3.63) is 71.9 Å².